The van der Waals surface area contributed by atoms with Gasteiger partial charge in [0.2, 0.25) is 0 Å². The number of aryl methyl sites for hydroxylation is 1. The summed E-state index contributed by atoms with van der Waals surface area (Å²) in [5.74, 6) is 0.00680. The van der Waals surface area contributed by atoms with Crippen molar-refractivity contribution in [2.24, 2.45) is 0 Å². The summed E-state index contributed by atoms with van der Waals surface area (Å²) in [4.78, 5) is 12.0. The largest absolute Gasteiger partial charge is 0.348 e. The third kappa shape index (κ3) is 4.78. The summed E-state index contributed by atoms with van der Waals surface area (Å²) in [6.07, 6.45) is 3.17. The van der Waals surface area contributed by atoms with E-state index >= 15 is 0 Å². The van der Waals surface area contributed by atoms with Gasteiger partial charge in [-0.25, -0.2) is 0 Å². The van der Waals surface area contributed by atoms with Crippen LogP contribution < -0.4 is 10.6 Å². The van der Waals surface area contributed by atoms with Gasteiger partial charge in [0.15, 0.2) is 0 Å². The second kappa shape index (κ2) is 7.87. The summed E-state index contributed by atoms with van der Waals surface area (Å²) in [5, 5.41) is 6.23. The van der Waals surface area contributed by atoms with Crippen molar-refractivity contribution >= 4 is 40.9 Å². The van der Waals surface area contributed by atoms with Gasteiger partial charge in [0, 0.05) is 22.2 Å². The number of halogens is 2. The normalized spacial score (nSPS) is 14.3. The Bertz CT molecular complexity index is 488. The van der Waals surface area contributed by atoms with Crippen LogP contribution >= 0.6 is 35.0 Å². The van der Waals surface area contributed by atoms with Crippen LogP contribution in [-0.2, 0) is 0 Å². The van der Waals surface area contributed by atoms with Gasteiger partial charge in [-0.2, -0.15) is 0 Å². The molecular formula is C14H18ClIN2O. The Hall–Kier alpha value is -0.590. The van der Waals surface area contributed by atoms with Crippen LogP contribution in [0.4, 0.5) is 0 Å². The number of nitrogens with one attached hydrogen (secondary N) is 2. The fourth-order valence-electron chi connectivity index (χ4n) is 1.86. The molecule has 1 heterocycles. The van der Waals surface area contributed by atoms with E-state index in [4.69, 9.17) is 0 Å². The van der Waals surface area contributed by atoms with Crippen LogP contribution in [0.25, 0.3) is 0 Å². The van der Waals surface area contributed by atoms with Crippen LogP contribution in [0.15, 0.2) is 29.8 Å². The molecule has 1 amide bonds. The zero-order valence-corrected chi connectivity index (χ0v) is 13.8. The summed E-state index contributed by atoms with van der Waals surface area (Å²) in [6.45, 7) is 4.62. The lowest BCUT2D eigenvalue weighted by molar-refractivity contribution is 0.0956. The molecule has 19 heavy (non-hydrogen) atoms. The highest BCUT2D eigenvalue weighted by molar-refractivity contribution is 14.1. The van der Waals surface area contributed by atoms with Gasteiger partial charge in [0.25, 0.3) is 5.91 Å². The van der Waals surface area contributed by atoms with Crippen molar-refractivity contribution in [3.05, 3.63) is 44.5 Å². The van der Waals surface area contributed by atoms with Crippen LogP contribution in [0.1, 0.15) is 22.3 Å². The Morgan fingerprint density at radius 2 is 2.26 bits per heavy atom. The van der Waals surface area contributed by atoms with Gasteiger partial charge >= 0.3 is 0 Å². The molecule has 3 nitrogen and oxygen atoms in total. The first kappa shape index (κ1) is 16.5. The molecule has 0 bridgehead atoms. The molecule has 2 N–H and O–H groups in total. The molecule has 0 saturated carbocycles. The second-order valence-electron chi connectivity index (χ2n) is 4.46. The first-order chi connectivity index (χ1) is 8.66. The van der Waals surface area contributed by atoms with E-state index in [1.807, 2.05) is 25.1 Å². The molecule has 2 rings (SSSR count). The Labute approximate surface area is 133 Å². The Balaban J connectivity index is 0.00000180. The van der Waals surface area contributed by atoms with Crippen LogP contribution in [0.2, 0.25) is 0 Å². The Morgan fingerprint density at radius 3 is 2.89 bits per heavy atom. The van der Waals surface area contributed by atoms with Crippen molar-refractivity contribution in [2.75, 3.05) is 19.6 Å². The lowest BCUT2D eigenvalue weighted by Crippen LogP contribution is -2.29. The number of carbonyl (C=O) groups excluding carboxylic acids is 1. The highest BCUT2D eigenvalue weighted by Gasteiger charge is 2.08. The van der Waals surface area contributed by atoms with Crippen molar-refractivity contribution in [1.29, 1.82) is 0 Å². The SMILES string of the molecule is Cc1ccc(C(=O)NCC2=CCNCC2)cc1I.Cl. The predicted octanol–water partition coefficient (Wildman–Crippen LogP) is 2.67. The van der Waals surface area contributed by atoms with Gasteiger partial charge in [0.1, 0.15) is 0 Å². The summed E-state index contributed by atoms with van der Waals surface area (Å²) >= 11 is 2.26. The van der Waals surface area contributed by atoms with Crippen molar-refractivity contribution in [3.63, 3.8) is 0 Å². The number of carbonyl (C=O) groups is 1. The van der Waals surface area contributed by atoms with Crippen molar-refractivity contribution in [2.45, 2.75) is 13.3 Å². The lowest BCUT2D eigenvalue weighted by atomic mass is 10.1. The molecule has 1 aliphatic rings. The number of benzene rings is 1. The second-order valence-corrected chi connectivity index (χ2v) is 5.63. The highest BCUT2D eigenvalue weighted by Crippen LogP contribution is 2.13. The van der Waals surface area contributed by atoms with Crippen molar-refractivity contribution in [1.82, 2.24) is 10.6 Å². The van der Waals surface area contributed by atoms with E-state index in [1.54, 1.807) is 0 Å². The van der Waals surface area contributed by atoms with E-state index in [-0.39, 0.29) is 18.3 Å². The maximum absolute atomic E-state index is 12.0. The molecule has 5 heteroatoms. The zero-order valence-electron chi connectivity index (χ0n) is 10.8. The molecule has 1 aromatic rings. The zero-order chi connectivity index (χ0) is 13.0. The molecule has 0 unspecified atom stereocenters. The lowest BCUT2D eigenvalue weighted by Gasteiger charge is -2.14. The van der Waals surface area contributed by atoms with E-state index < -0.39 is 0 Å². The number of rotatable bonds is 3. The average Bonchev–Trinajstić information content (AvgIpc) is 2.40. The summed E-state index contributed by atoms with van der Waals surface area (Å²) in [6, 6.07) is 5.80. The Kier molecular flexibility index (Phi) is 6.82. The topological polar surface area (TPSA) is 41.1 Å². The van der Waals surface area contributed by atoms with Crippen LogP contribution in [0.5, 0.6) is 0 Å². The summed E-state index contributed by atoms with van der Waals surface area (Å²) in [5.41, 5.74) is 3.25. The van der Waals surface area contributed by atoms with E-state index in [9.17, 15) is 4.79 Å². The fraction of sp³-hybridized carbons (Fsp3) is 0.357. The van der Waals surface area contributed by atoms with Gasteiger partial charge in [-0.3, -0.25) is 4.79 Å². The van der Waals surface area contributed by atoms with E-state index in [0.717, 1.165) is 28.6 Å². The maximum atomic E-state index is 12.0. The molecule has 1 aromatic carbocycles. The maximum Gasteiger partial charge on any atom is 0.251 e. The molecular weight excluding hydrogens is 375 g/mol. The molecule has 0 atom stereocenters. The average molecular weight is 393 g/mol. The number of amides is 1. The quantitative estimate of drug-likeness (QED) is 0.613. The van der Waals surface area contributed by atoms with Gasteiger partial charge in [0.05, 0.1) is 0 Å². The van der Waals surface area contributed by atoms with Crippen LogP contribution in [0.3, 0.4) is 0 Å². The van der Waals surface area contributed by atoms with Gasteiger partial charge in [-0.05, 0) is 60.2 Å². The third-order valence-electron chi connectivity index (χ3n) is 3.07. The molecule has 0 spiro atoms. The van der Waals surface area contributed by atoms with Crippen molar-refractivity contribution in [3.8, 4) is 0 Å². The van der Waals surface area contributed by atoms with Crippen LogP contribution in [0, 0.1) is 10.5 Å². The van der Waals surface area contributed by atoms with E-state index in [0.29, 0.717) is 6.54 Å². The minimum Gasteiger partial charge on any atom is -0.348 e. The summed E-state index contributed by atoms with van der Waals surface area (Å²) in [7, 11) is 0. The standard InChI is InChI=1S/C14H17IN2O.ClH/c1-10-2-3-12(8-13(10)15)14(18)17-9-11-4-6-16-7-5-11;/h2-4,8,16H,5-7,9H2,1H3,(H,17,18);1H. The van der Waals surface area contributed by atoms with Gasteiger partial charge in [-0.1, -0.05) is 17.7 Å². The fourth-order valence-corrected chi connectivity index (χ4v) is 2.38. The van der Waals surface area contributed by atoms with Gasteiger partial charge < -0.3 is 10.6 Å². The number of hydrogen-bond acceptors (Lipinski definition) is 2. The minimum absolute atomic E-state index is 0. The Morgan fingerprint density at radius 1 is 1.47 bits per heavy atom. The molecule has 0 aliphatic carbocycles. The minimum atomic E-state index is 0. The monoisotopic (exact) mass is 392 g/mol. The molecule has 104 valence electrons. The first-order valence-electron chi connectivity index (χ1n) is 6.10. The summed E-state index contributed by atoms with van der Waals surface area (Å²) < 4.78 is 1.13. The van der Waals surface area contributed by atoms with E-state index in [1.165, 1.54) is 11.1 Å². The highest BCUT2D eigenvalue weighted by atomic mass is 127. The van der Waals surface area contributed by atoms with Crippen LogP contribution in [-0.4, -0.2) is 25.5 Å². The third-order valence-corrected chi connectivity index (χ3v) is 4.23. The molecule has 0 fully saturated rings. The smallest absolute Gasteiger partial charge is 0.251 e. The first-order valence-corrected chi connectivity index (χ1v) is 7.17. The molecule has 0 saturated heterocycles. The molecule has 1 aliphatic heterocycles. The molecule has 0 radical (unpaired) electrons. The van der Waals surface area contributed by atoms with Gasteiger partial charge in [-0.15, -0.1) is 12.4 Å². The van der Waals surface area contributed by atoms with E-state index in [2.05, 4.69) is 39.3 Å². The van der Waals surface area contributed by atoms with Crippen molar-refractivity contribution < 1.29 is 4.79 Å². The number of hydrogen-bond donors (Lipinski definition) is 2. The predicted molar refractivity (Wildman–Crippen MR) is 89.0 cm³/mol. The molecule has 0 aromatic heterocycles.